The second-order valence-corrected chi connectivity index (χ2v) is 4.52. The number of nitro benzene ring substituents is 1. The van der Waals surface area contributed by atoms with E-state index in [-0.39, 0.29) is 23.8 Å². The van der Waals surface area contributed by atoms with E-state index in [1.807, 2.05) is 13.8 Å². The molecule has 104 valence electrons. The molecule has 19 heavy (non-hydrogen) atoms. The lowest BCUT2D eigenvalue weighted by atomic mass is 10.1. The highest BCUT2D eigenvalue weighted by Crippen LogP contribution is 2.28. The Labute approximate surface area is 111 Å². The van der Waals surface area contributed by atoms with Gasteiger partial charge in [-0.05, 0) is 17.5 Å². The van der Waals surface area contributed by atoms with Crippen LogP contribution in [0.2, 0.25) is 0 Å². The molecule has 0 aromatic heterocycles. The second-order valence-electron chi connectivity index (χ2n) is 4.52. The van der Waals surface area contributed by atoms with E-state index in [1.165, 1.54) is 19.2 Å². The van der Waals surface area contributed by atoms with E-state index in [0.29, 0.717) is 12.2 Å². The Hall–Kier alpha value is -2.11. The molecule has 0 unspecified atom stereocenters. The standard InChI is InChI=1S/C13H17NO5/c1-9(2)8-19-12-5-4-10(7-13(15)18-3)6-11(12)14(16)17/h4-6,9H,7-8H2,1-3H3. The van der Waals surface area contributed by atoms with Gasteiger partial charge in [0.05, 0.1) is 25.1 Å². The molecule has 0 atom stereocenters. The van der Waals surface area contributed by atoms with Crippen LogP contribution in [0.15, 0.2) is 18.2 Å². The van der Waals surface area contributed by atoms with E-state index >= 15 is 0 Å². The fraction of sp³-hybridized carbons (Fsp3) is 0.462. The number of rotatable bonds is 6. The van der Waals surface area contributed by atoms with Gasteiger partial charge >= 0.3 is 11.7 Å². The van der Waals surface area contributed by atoms with Crippen LogP contribution in [-0.4, -0.2) is 24.6 Å². The molecule has 0 heterocycles. The number of nitrogens with zero attached hydrogens (tertiary/aromatic N) is 1. The van der Waals surface area contributed by atoms with Gasteiger partial charge in [0, 0.05) is 6.07 Å². The van der Waals surface area contributed by atoms with Crippen LogP contribution >= 0.6 is 0 Å². The summed E-state index contributed by atoms with van der Waals surface area (Å²) in [5.74, 6) is 0.0480. The van der Waals surface area contributed by atoms with Crippen molar-refractivity contribution >= 4 is 11.7 Å². The first-order valence-electron chi connectivity index (χ1n) is 5.91. The first-order valence-corrected chi connectivity index (χ1v) is 5.91. The van der Waals surface area contributed by atoms with Gasteiger partial charge in [0.25, 0.3) is 0 Å². The summed E-state index contributed by atoms with van der Waals surface area (Å²) in [5.41, 5.74) is 0.387. The number of carbonyl (C=O) groups excluding carboxylic acids is 1. The third-order valence-electron chi connectivity index (χ3n) is 2.37. The van der Waals surface area contributed by atoms with Crippen molar-refractivity contribution in [2.75, 3.05) is 13.7 Å². The second kappa shape index (κ2) is 6.72. The Morgan fingerprint density at radius 2 is 2.11 bits per heavy atom. The molecule has 0 aliphatic carbocycles. The molecule has 0 spiro atoms. The average molecular weight is 267 g/mol. The number of benzene rings is 1. The normalized spacial score (nSPS) is 10.3. The fourth-order valence-electron chi connectivity index (χ4n) is 1.43. The summed E-state index contributed by atoms with van der Waals surface area (Å²) >= 11 is 0. The van der Waals surface area contributed by atoms with E-state index in [0.717, 1.165) is 0 Å². The average Bonchev–Trinajstić information content (AvgIpc) is 2.36. The largest absolute Gasteiger partial charge is 0.487 e. The maximum Gasteiger partial charge on any atom is 0.311 e. The molecule has 0 amide bonds. The molecule has 6 nitrogen and oxygen atoms in total. The number of nitro groups is 1. The van der Waals surface area contributed by atoms with E-state index in [4.69, 9.17) is 4.74 Å². The molecule has 0 fully saturated rings. The maximum absolute atomic E-state index is 11.1. The monoisotopic (exact) mass is 267 g/mol. The predicted molar refractivity (Wildman–Crippen MR) is 69.1 cm³/mol. The van der Waals surface area contributed by atoms with Crippen LogP contribution in [0.25, 0.3) is 0 Å². The highest BCUT2D eigenvalue weighted by molar-refractivity contribution is 5.73. The molecule has 1 aromatic carbocycles. The summed E-state index contributed by atoms with van der Waals surface area (Å²) in [7, 11) is 1.27. The van der Waals surface area contributed by atoms with Gasteiger partial charge < -0.3 is 9.47 Å². The highest BCUT2D eigenvalue weighted by Gasteiger charge is 2.17. The van der Waals surface area contributed by atoms with E-state index < -0.39 is 10.9 Å². The van der Waals surface area contributed by atoms with Crippen LogP contribution in [0.4, 0.5) is 5.69 Å². The molecule has 6 heteroatoms. The van der Waals surface area contributed by atoms with Gasteiger partial charge in [-0.2, -0.15) is 0 Å². The van der Waals surface area contributed by atoms with Gasteiger partial charge in [-0.25, -0.2) is 0 Å². The van der Waals surface area contributed by atoms with Crippen molar-refractivity contribution in [1.29, 1.82) is 0 Å². The van der Waals surface area contributed by atoms with Crippen molar-refractivity contribution in [2.24, 2.45) is 5.92 Å². The van der Waals surface area contributed by atoms with Crippen molar-refractivity contribution < 1.29 is 19.2 Å². The zero-order valence-corrected chi connectivity index (χ0v) is 11.2. The quantitative estimate of drug-likeness (QED) is 0.449. The predicted octanol–water partition coefficient (Wildman–Crippen LogP) is 2.35. The lowest BCUT2D eigenvalue weighted by molar-refractivity contribution is -0.386. The highest BCUT2D eigenvalue weighted by atomic mass is 16.6. The number of hydrogen-bond donors (Lipinski definition) is 0. The number of ether oxygens (including phenoxy) is 2. The minimum absolute atomic E-state index is 0.00179. The lowest BCUT2D eigenvalue weighted by Gasteiger charge is -2.09. The molecular weight excluding hydrogens is 250 g/mol. The van der Waals surface area contributed by atoms with E-state index in [2.05, 4.69) is 4.74 Å². The first-order chi connectivity index (χ1) is 8.93. The molecular formula is C13H17NO5. The summed E-state index contributed by atoms with van der Waals surface area (Å²) in [6.07, 6.45) is 0.00179. The summed E-state index contributed by atoms with van der Waals surface area (Å²) in [4.78, 5) is 21.6. The third kappa shape index (κ3) is 4.57. The summed E-state index contributed by atoms with van der Waals surface area (Å²) in [6.45, 7) is 4.31. The van der Waals surface area contributed by atoms with Gasteiger partial charge in [0.2, 0.25) is 0 Å². The molecule has 1 rings (SSSR count). The minimum atomic E-state index is -0.517. The Kier molecular flexibility index (Phi) is 5.29. The van der Waals surface area contributed by atoms with Crippen LogP contribution in [0.5, 0.6) is 5.75 Å². The van der Waals surface area contributed by atoms with Gasteiger partial charge in [0.15, 0.2) is 5.75 Å². The fourth-order valence-corrected chi connectivity index (χ4v) is 1.43. The van der Waals surface area contributed by atoms with Crippen molar-refractivity contribution in [3.05, 3.63) is 33.9 Å². The van der Waals surface area contributed by atoms with Crippen LogP contribution in [-0.2, 0) is 16.0 Å². The van der Waals surface area contributed by atoms with Crippen LogP contribution in [0.3, 0.4) is 0 Å². The zero-order valence-electron chi connectivity index (χ0n) is 11.2. The van der Waals surface area contributed by atoms with Crippen molar-refractivity contribution in [1.82, 2.24) is 0 Å². The Balaban J connectivity index is 2.94. The lowest BCUT2D eigenvalue weighted by Crippen LogP contribution is -2.08. The van der Waals surface area contributed by atoms with Crippen LogP contribution < -0.4 is 4.74 Å². The Bertz CT molecular complexity index is 470. The minimum Gasteiger partial charge on any atom is -0.487 e. The smallest absolute Gasteiger partial charge is 0.311 e. The van der Waals surface area contributed by atoms with E-state index in [9.17, 15) is 14.9 Å². The maximum atomic E-state index is 11.1. The van der Waals surface area contributed by atoms with Gasteiger partial charge in [-0.1, -0.05) is 19.9 Å². The molecule has 0 aliphatic rings. The molecule has 0 saturated carbocycles. The van der Waals surface area contributed by atoms with Gasteiger partial charge in [0.1, 0.15) is 0 Å². The van der Waals surface area contributed by atoms with Crippen LogP contribution in [0, 0.1) is 16.0 Å². The Morgan fingerprint density at radius 1 is 1.42 bits per heavy atom. The van der Waals surface area contributed by atoms with Crippen molar-refractivity contribution in [3.63, 3.8) is 0 Å². The van der Waals surface area contributed by atoms with Crippen molar-refractivity contribution in [2.45, 2.75) is 20.3 Å². The SMILES string of the molecule is COC(=O)Cc1ccc(OCC(C)C)c([N+](=O)[O-])c1. The molecule has 0 aliphatic heterocycles. The van der Waals surface area contributed by atoms with Crippen molar-refractivity contribution in [3.8, 4) is 5.75 Å². The number of hydrogen-bond acceptors (Lipinski definition) is 5. The van der Waals surface area contributed by atoms with Gasteiger partial charge in [-0.3, -0.25) is 14.9 Å². The molecule has 1 aromatic rings. The summed E-state index contributed by atoms with van der Waals surface area (Å²) in [5, 5.41) is 11.0. The zero-order chi connectivity index (χ0) is 14.4. The topological polar surface area (TPSA) is 78.7 Å². The summed E-state index contributed by atoms with van der Waals surface area (Å²) < 4.78 is 9.91. The number of esters is 1. The molecule has 0 radical (unpaired) electrons. The summed E-state index contributed by atoms with van der Waals surface area (Å²) in [6, 6.07) is 4.48. The molecule has 0 bridgehead atoms. The first kappa shape index (κ1) is 14.9. The molecule has 0 N–H and O–H groups in total. The van der Waals surface area contributed by atoms with Gasteiger partial charge in [-0.15, -0.1) is 0 Å². The van der Waals surface area contributed by atoms with Crippen LogP contribution in [0.1, 0.15) is 19.4 Å². The number of carbonyl (C=O) groups is 1. The number of methoxy groups -OCH3 is 1. The third-order valence-corrected chi connectivity index (χ3v) is 2.37. The van der Waals surface area contributed by atoms with E-state index in [1.54, 1.807) is 6.07 Å². The molecule has 0 saturated heterocycles. The Morgan fingerprint density at radius 3 is 2.63 bits per heavy atom.